The lowest BCUT2D eigenvalue weighted by molar-refractivity contribution is 0.416. The third-order valence-electron chi connectivity index (χ3n) is 3.32. The third kappa shape index (κ3) is 2.08. The van der Waals surface area contributed by atoms with Gasteiger partial charge in [0.25, 0.3) is 0 Å². The van der Waals surface area contributed by atoms with Gasteiger partial charge >= 0.3 is 0 Å². The molecule has 0 unspecified atom stereocenters. The monoisotopic (exact) mass is 330 g/mol. The van der Waals surface area contributed by atoms with Crippen LogP contribution in [0.1, 0.15) is 0 Å². The maximum atomic E-state index is 14.3. The number of rotatable bonds is 2. The molecule has 0 aromatic heterocycles. The molecule has 0 saturated carbocycles. The summed E-state index contributed by atoms with van der Waals surface area (Å²) in [5.74, 6) is 0.392. The Balaban J connectivity index is 2.45. The quantitative estimate of drug-likeness (QED) is 0.609. The van der Waals surface area contributed by atoms with Gasteiger partial charge in [0.15, 0.2) is 0 Å². The van der Waals surface area contributed by atoms with Gasteiger partial charge in [-0.05, 0) is 29.0 Å². The van der Waals surface area contributed by atoms with Crippen molar-refractivity contribution in [2.75, 3.05) is 7.11 Å². The summed E-state index contributed by atoms with van der Waals surface area (Å²) in [4.78, 5) is 0. The molecule has 3 aromatic carbocycles. The summed E-state index contributed by atoms with van der Waals surface area (Å²) >= 11 is 3.44. The Kier molecular flexibility index (Phi) is 3.45. The van der Waals surface area contributed by atoms with Gasteiger partial charge in [-0.15, -0.1) is 0 Å². The number of fused-ring (bicyclic) bond motifs is 1. The van der Waals surface area contributed by atoms with Crippen LogP contribution in [-0.4, -0.2) is 7.11 Å². The molecule has 0 aliphatic carbocycles. The standard InChI is InChI=1S/C17H12BrFO/c1-20-15-10-9-11-5-2-3-6-12(11)16(15)17-13(18)7-4-8-14(17)19/h2-10H,1H3. The lowest BCUT2D eigenvalue weighted by Gasteiger charge is -2.14. The van der Waals surface area contributed by atoms with E-state index in [1.54, 1.807) is 13.2 Å². The molecule has 0 aliphatic rings. The fraction of sp³-hybridized carbons (Fsp3) is 0.0588. The van der Waals surface area contributed by atoms with E-state index in [0.29, 0.717) is 15.8 Å². The summed E-state index contributed by atoms with van der Waals surface area (Å²) in [5, 5.41) is 2.02. The minimum Gasteiger partial charge on any atom is -0.496 e. The molecule has 3 heteroatoms. The van der Waals surface area contributed by atoms with Crippen LogP contribution in [0.5, 0.6) is 5.75 Å². The first-order chi connectivity index (χ1) is 9.72. The second kappa shape index (κ2) is 5.25. The molecule has 1 nitrogen and oxygen atoms in total. The smallest absolute Gasteiger partial charge is 0.132 e. The summed E-state index contributed by atoms with van der Waals surface area (Å²) in [6.07, 6.45) is 0. The van der Waals surface area contributed by atoms with E-state index in [9.17, 15) is 4.39 Å². The molecule has 0 aliphatic heterocycles. The van der Waals surface area contributed by atoms with Gasteiger partial charge in [0, 0.05) is 15.6 Å². The van der Waals surface area contributed by atoms with Gasteiger partial charge < -0.3 is 4.74 Å². The lowest BCUT2D eigenvalue weighted by Crippen LogP contribution is -1.93. The highest BCUT2D eigenvalue weighted by Crippen LogP contribution is 2.41. The minimum atomic E-state index is -0.269. The van der Waals surface area contributed by atoms with Crippen molar-refractivity contribution in [3.63, 3.8) is 0 Å². The molecule has 0 spiro atoms. The van der Waals surface area contributed by atoms with Gasteiger partial charge in [0.05, 0.1) is 7.11 Å². The summed E-state index contributed by atoms with van der Waals surface area (Å²) in [6.45, 7) is 0. The number of ether oxygens (including phenoxy) is 1. The highest BCUT2D eigenvalue weighted by Gasteiger charge is 2.16. The van der Waals surface area contributed by atoms with Crippen LogP contribution in [0.15, 0.2) is 59.1 Å². The SMILES string of the molecule is COc1ccc2ccccc2c1-c1c(F)cccc1Br. The highest BCUT2D eigenvalue weighted by atomic mass is 79.9. The van der Waals surface area contributed by atoms with E-state index in [0.717, 1.165) is 16.3 Å². The molecule has 3 aromatic rings. The van der Waals surface area contributed by atoms with Crippen molar-refractivity contribution < 1.29 is 9.13 Å². The van der Waals surface area contributed by atoms with Crippen molar-refractivity contribution in [3.8, 4) is 16.9 Å². The molecule has 0 radical (unpaired) electrons. The Labute approximate surface area is 125 Å². The maximum Gasteiger partial charge on any atom is 0.132 e. The Morgan fingerprint density at radius 3 is 2.45 bits per heavy atom. The van der Waals surface area contributed by atoms with E-state index in [2.05, 4.69) is 15.9 Å². The molecule has 0 atom stereocenters. The second-order valence-electron chi connectivity index (χ2n) is 4.46. The number of hydrogen-bond donors (Lipinski definition) is 0. The van der Waals surface area contributed by atoms with E-state index >= 15 is 0 Å². The third-order valence-corrected chi connectivity index (χ3v) is 3.98. The van der Waals surface area contributed by atoms with Crippen LogP contribution < -0.4 is 4.74 Å². The van der Waals surface area contributed by atoms with E-state index in [4.69, 9.17) is 4.74 Å². The summed E-state index contributed by atoms with van der Waals surface area (Å²) in [5.41, 5.74) is 1.30. The molecule has 0 bridgehead atoms. The van der Waals surface area contributed by atoms with Crippen LogP contribution in [-0.2, 0) is 0 Å². The summed E-state index contributed by atoms with van der Waals surface area (Å²) in [6, 6.07) is 16.7. The highest BCUT2D eigenvalue weighted by molar-refractivity contribution is 9.10. The predicted octanol–water partition coefficient (Wildman–Crippen LogP) is 5.42. The molecular weight excluding hydrogens is 319 g/mol. The Hall–Kier alpha value is -1.87. The van der Waals surface area contributed by atoms with Gasteiger partial charge in [0.2, 0.25) is 0 Å². The summed E-state index contributed by atoms with van der Waals surface area (Å²) in [7, 11) is 1.60. The predicted molar refractivity (Wildman–Crippen MR) is 83.6 cm³/mol. The van der Waals surface area contributed by atoms with Crippen LogP contribution in [0.25, 0.3) is 21.9 Å². The van der Waals surface area contributed by atoms with Crippen molar-refractivity contribution in [2.24, 2.45) is 0 Å². The fourth-order valence-corrected chi connectivity index (χ4v) is 2.96. The zero-order valence-corrected chi connectivity index (χ0v) is 12.4. The first-order valence-electron chi connectivity index (χ1n) is 6.22. The first kappa shape index (κ1) is 13.1. The van der Waals surface area contributed by atoms with E-state index in [1.807, 2.05) is 42.5 Å². The Morgan fingerprint density at radius 1 is 0.900 bits per heavy atom. The Bertz CT molecular complexity index is 763. The molecule has 3 rings (SSSR count). The zero-order chi connectivity index (χ0) is 14.1. The van der Waals surface area contributed by atoms with Crippen LogP contribution >= 0.6 is 15.9 Å². The van der Waals surface area contributed by atoms with Crippen LogP contribution in [0.3, 0.4) is 0 Å². The molecule has 0 saturated heterocycles. The minimum absolute atomic E-state index is 0.269. The number of hydrogen-bond acceptors (Lipinski definition) is 1. The van der Waals surface area contributed by atoms with Crippen LogP contribution in [0.4, 0.5) is 4.39 Å². The topological polar surface area (TPSA) is 9.23 Å². The largest absolute Gasteiger partial charge is 0.496 e. The van der Waals surface area contributed by atoms with Gasteiger partial charge in [-0.2, -0.15) is 0 Å². The number of halogens is 2. The van der Waals surface area contributed by atoms with Crippen LogP contribution in [0, 0.1) is 5.82 Å². The van der Waals surface area contributed by atoms with Crippen LogP contribution in [0.2, 0.25) is 0 Å². The molecule has 0 heterocycles. The van der Waals surface area contributed by atoms with Crippen molar-refractivity contribution >= 4 is 26.7 Å². The first-order valence-corrected chi connectivity index (χ1v) is 7.02. The van der Waals surface area contributed by atoms with E-state index in [1.165, 1.54) is 6.07 Å². The molecule has 20 heavy (non-hydrogen) atoms. The lowest BCUT2D eigenvalue weighted by atomic mass is 9.97. The van der Waals surface area contributed by atoms with Gasteiger partial charge in [-0.25, -0.2) is 4.39 Å². The Morgan fingerprint density at radius 2 is 1.70 bits per heavy atom. The van der Waals surface area contributed by atoms with E-state index < -0.39 is 0 Å². The van der Waals surface area contributed by atoms with E-state index in [-0.39, 0.29) is 5.82 Å². The maximum absolute atomic E-state index is 14.3. The molecular formula is C17H12BrFO. The second-order valence-corrected chi connectivity index (χ2v) is 5.31. The number of benzene rings is 3. The molecule has 0 fully saturated rings. The molecule has 0 amide bonds. The number of methoxy groups -OCH3 is 1. The fourth-order valence-electron chi connectivity index (χ4n) is 2.42. The van der Waals surface area contributed by atoms with Crippen molar-refractivity contribution in [2.45, 2.75) is 0 Å². The molecule has 100 valence electrons. The van der Waals surface area contributed by atoms with Gasteiger partial charge in [-0.3, -0.25) is 0 Å². The average Bonchev–Trinajstić information content (AvgIpc) is 2.47. The summed E-state index contributed by atoms with van der Waals surface area (Å²) < 4.78 is 20.4. The van der Waals surface area contributed by atoms with Crippen molar-refractivity contribution in [1.82, 2.24) is 0 Å². The van der Waals surface area contributed by atoms with Gasteiger partial charge in [-0.1, -0.05) is 52.3 Å². The van der Waals surface area contributed by atoms with Crippen molar-refractivity contribution in [3.05, 3.63) is 64.9 Å². The molecule has 0 N–H and O–H groups in total. The van der Waals surface area contributed by atoms with Crippen molar-refractivity contribution in [1.29, 1.82) is 0 Å². The average molecular weight is 331 g/mol. The normalized spacial score (nSPS) is 10.8. The van der Waals surface area contributed by atoms with Gasteiger partial charge in [0.1, 0.15) is 11.6 Å². The zero-order valence-electron chi connectivity index (χ0n) is 10.9.